The smallest absolute Gasteiger partial charge is 0.408 e. The van der Waals surface area contributed by atoms with E-state index in [0.29, 0.717) is 12.1 Å². The maximum Gasteiger partial charge on any atom is 0.408 e. The molecule has 0 fully saturated rings. The van der Waals surface area contributed by atoms with Crippen molar-refractivity contribution in [2.45, 2.75) is 71.6 Å². The Kier molecular flexibility index (Phi) is 11.6. The number of hydrogen-bond donors (Lipinski definition) is 3. The first kappa shape index (κ1) is 28.2. The Morgan fingerprint density at radius 1 is 1.21 bits per heavy atom. The van der Waals surface area contributed by atoms with E-state index in [0.717, 1.165) is 24.8 Å². The second kappa shape index (κ2) is 13.6. The van der Waals surface area contributed by atoms with Gasteiger partial charge in [0.2, 0.25) is 11.8 Å². The lowest BCUT2D eigenvalue weighted by molar-refractivity contribution is -0.143. The van der Waals surface area contributed by atoms with Crippen LogP contribution in [-0.4, -0.2) is 59.3 Å². The van der Waals surface area contributed by atoms with E-state index >= 15 is 0 Å². The molecule has 0 radical (unpaired) electrons. The highest BCUT2D eigenvalue weighted by molar-refractivity contribution is 5.92. The van der Waals surface area contributed by atoms with Crippen LogP contribution < -0.4 is 10.6 Å². The summed E-state index contributed by atoms with van der Waals surface area (Å²) in [5.74, 6) is -0.903. The average molecular weight is 462 g/mol. The Morgan fingerprint density at radius 3 is 2.45 bits per heavy atom. The molecule has 1 aromatic carbocycles. The molecule has 3 N–H and O–H groups in total. The summed E-state index contributed by atoms with van der Waals surface area (Å²) in [6.07, 6.45) is 3.69. The van der Waals surface area contributed by atoms with Crippen molar-refractivity contribution in [3.05, 3.63) is 42.0 Å². The predicted octanol–water partition coefficient (Wildman–Crippen LogP) is 3.41. The van der Waals surface area contributed by atoms with Gasteiger partial charge < -0.3 is 25.4 Å². The first-order valence-corrected chi connectivity index (χ1v) is 11.5. The van der Waals surface area contributed by atoms with Crippen LogP contribution in [0.2, 0.25) is 0 Å². The minimum Gasteiger partial charge on any atom is -0.444 e. The zero-order chi connectivity index (χ0) is 25.0. The Hall–Kier alpha value is -2.87. The zero-order valence-corrected chi connectivity index (χ0v) is 20.5. The van der Waals surface area contributed by atoms with Crippen molar-refractivity contribution in [3.63, 3.8) is 0 Å². The average Bonchev–Trinajstić information content (AvgIpc) is 2.76. The monoisotopic (exact) mass is 461 g/mol. The van der Waals surface area contributed by atoms with Gasteiger partial charge in [0.15, 0.2) is 0 Å². The van der Waals surface area contributed by atoms with Crippen molar-refractivity contribution in [1.82, 2.24) is 15.5 Å². The van der Waals surface area contributed by atoms with Gasteiger partial charge in [0, 0.05) is 13.1 Å². The normalized spacial score (nSPS) is 12.9. The van der Waals surface area contributed by atoms with E-state index in [-0.39, 0.29) is 12.5 Å². The lowest BCUT2D eigenvalue weighted by Gasteiger charge is -2.33. The molecule has 2 unspecified atom stereocenters. The number of nitrogens with one attached hydrogen (secondary N) is 2. The van der Waals surface area contributed by atoms with E-state index in [4.69, 9.17) is 4.74 Å². The minimum atomic E-state index is -1.25. The number of carbonyl (C=O) groups is 3. The molecule has 1 aromatic rings. The Bertz CT molecular complexity index is 803. The number of aliphatic hydroxyl groups excluding tert-OH is 1. The largest absolute Gasteiger partial charge is 0.444 e. The number of hydrogen-bond acceptors (Lipinski definition) is 5. The summed E-state index contributed by atoms with van der Waals surface area (Å²) in [6.45, 7) is 12.8. The fraction of sp³-hybridized carbons (Fsp3) is 0.560. The first-order valence-electron chi connectivity index (χ1n) is 11.5. The van der Waals surface area contributed by atoms with E-state index < -0.39 is 36.3 Å². The highest BCUT2D eigenvalue weighted by atomic mass is 16.6. The number of amides is 3. The number of rotatable bonds is 12. The number of alkyl carbamates (subject to hydrolysis) is 1. The quantitative estimate of drug-likeness (QED) is 0.414. The van der Waals surface area contributed by atoms with Gasteiger partial charge in [-0.25, -0.2) is 4.79 Å². The molecule has 33 heavy (non-hydrogen) atoms. The lowest BCUT2D eigenvalue weighted by Crippen LogP contribution is -2.54. The van der Waals surface area contributed by atoms with Crippen LogP contribution in [0.5, 0.6) is 0 Å². The second-order valence-electron chi connectivity index (χ2n) is 8.78. The van der Waals surface area contributed by atoms with Crippen LogP contribution in [0.3, 0.4) is 0 Å². The lowest BCUT2D eigenvalue weighted by atomic mass is 10.0. The molecule has 1 rings (SSSR count). The molecule has 0 heterocycles. The number of aliphatic hydroxyl groups is 1. The first-order chi connectivity index (χ1) is 15.6. The number of unbranched alkanes of at least 4 members (excludes halogenated alkanes) is 2. The summed E-state index contributed by atoms with van der Waals surface area (Å²) in [5.41, 5.74) is 0.666. The highest BCUT2D eigenvalue weighted by Gasteiger charge is 2.35. The van der Waals surface area contributed by atoms with Crippen molar-refractivity contribution in [3.8, 4) is 0 Å². The molecule has 0 aliphatic carbocycles. The molecule has 0 aliphatic heterocycles. The molecule has 0 aromatic heterocycles. The van der Waals surface area contributed by atoms with Gasteiger partial charge in [-0.2, -0.15) is 0 Å². The van der Waals surface area contributed by atoms with Crippen molar-refractivity contribution >= 4 is 24.0 Å². The third-order valence-corrected chi connectivity index (χ3v) is 4.90. The molecular weight excluding hydrogens is 422 g/mol. The number of ether oxygens (including phenoxy) is 1. The van der Waals surface area contributed by atoms with Gasteiger partial charge in [-0.3, -0.25) is 9.59 Å². The van der Waals surface area contributed by atoms with Crippen LogP contribution in [-0.2, 0) is 14.3 Å². The van der Waals surface area contributed by atoms with Gasteiger partial charge in [0.1, 0.15) is 17.7 Å². The van der Waals surface area contributed by atoms with Crippen LogP contribution >= 0.6 is 0 Å². The summed E-state index contributed by atoms with van der Waals surface area (Å²) >= 11 is 0. The van der Waals surface area contributed by atoms with Gasteiger partial charge in [-0.05, 0) is 51.3 Å². The van der Waals surface area contributed by atoms with Crippen molar-refractivity contribution < 1.29 is 24.2 Å². The molecule has 3 amide bonds. The van der Waals surface area contributed by atoms with E-state index in [1.54, 1.807) is 52.0 Å². The molecule has 8 heteroatoms. The van der Waals surface area contributed by atoms with Crippen LogP contribution in [0, 0.1) is 0 Å². The Balaban J connectivity index is 3.22. The number of benzene rings is 1. The summed E-state index contributed by atoms with van der Waals surface area (Å²) < 4.78 is 5.21. The maximum atomic E-state index is 13.4. The highest BCUT2D eigenvalue weighted by Crippen LogP contribution is 2.24. The Labute approximate surface area is 197 Å². The molecule has 0 aliphatic rings. The standard InChI is InChI=1S/C25H39N3O5/c1-7-10-11-15-26-22(30)21(19-14-12-13-18(8-2)16-19)28(9-3)23(31)20(17-29)27-24(32)33-25(4,5)6/h8,12-14,16,20-21,29H,2,7,9-11,15,17H2,1,3-6H3,(H,26,30)(H,27,32). The van der Waals surface area contributed by atoms with Crippen LogP contribution in [0.4, 0.5) is 4.79 Å². The molecule has 8 nitrogen and oxygen atoms in total. The van der Waals surface area contributed by atoms with E-state index in [1.165, 1.54) is 4.90 Å². The van der Waals surface area contributed by atoms with Crippen LogP contribution in [0.25, 0.3) is 6.08 Å². The molecule has 184 valence electrons. The van der Waals surface area contributed by atoms with Crippen LogP contribution in [0.15, 0.2) is 30.8 Å². The summed E-state index contributed by atoms with van der Waals surface area (Å²) in [5, 5.41) is 15.2. The van der Waals surface area contributed by atoms with Gasteiger partial charge in [-0.15, -0.1) is 0 Å². The fourth-order valence-corrected chi connectivity index (χ4v) is 3.31. The minimum absolute atomic E-state index is 0.191. The fourth-order valence-electron chi connectivity index (χ4n) is 3.31. The second-order valence-corrected chi connectivity index (χ2v) is 8.78. The SMILES string of the molecule is C=Cc1cccc(C(C(=O)NCCCCC)N(CC)C(=O)C(CO)NC(=O)OC(C)(C)C)c1. The molecule has 2 atom stereocenters. The summed E-state index contributed by atoms with van der Waals surface area (Å²) in [6, 6.07) is 5.04. The van der Waals surface area contributed by atoms with Gasteiger partial charge in [0.25, 0.3) is 0 Å². The topological polar surface area (TPSA) is 108 Å². The van der Waals surface area contributed by atoms with Crippen LogP contribution in [0.1, 0.15) is 71.0 Å². The third kappa shape index (κ3) is 9.26. The Morgan fingerprint density at radius 2 is 1.91 bits per heavy atom. The van der Waals surface area contributed by atoms with Gasteiger partial charge in [0.05, 0.1) is 6.61 Å². The number of likely N-dealkylation sites (N-methyl/N-ethyl adjacent to an activating group) is 1. The van der Waals surface area contributed by atoms with Crippen molar-refractivity contribution in [1.29, 1.82) is 0 Å². The number of nitrogens with zero attached hydrogens (tertiary/aromatic N) is 1. The van der Waals surface area contributed by atoms with Crippen molar-refractivity contribution in [2.75, 3.05) is 19.7 Å². The van der Waals surface area contributed by atoms with E-state index in [2.05, 4.69) is 24.1 Å². The van der Waals surface area contributed by atoms with Gasteiger partial charge >= 0.3 is 6.09 Å². The molecule has 0 spiro atoms. The molecule has 0 saturated heterocycles. The van der Waals surface area contributed by atoms with Crippen molar-refractivity contribution in [2.24, 2.45) is 0 Å². The molecular formula is C25H39N3O5. The number of carbonyl (C=O) groups excluding carboxylic acids is 3. The summed E-state index contributed by atoms with van der Waals surface area (Å²) in [7, 11) is 0. The predicted molar refractivity (Wildman–Crippen MR) is 129 cm³/mol. The summed E-state index contributed by atoms with van der Waals surface area (Å²) in [4.78, 5) is 40.1. The van der Waals surface area contributed by atoms with E-state index in [1.807, 2.05) is 6.07 Å². The maximum absolute atomic E-state index is 13.4. The van der Waals surface area contributed by atoms with E-state index in [9.17, 15) is 19.5 Å². The molecule has 0 saturated carbocycles. The molecule has 0 bridgehead atoms. The zero-order valence-electron chi connectivity index (χ0n) is 20.5. The third-order valence-electron chi connectivity index (χ3n) is 4.90. The van der Waals surface area contributed by atoms with Gasteiger partial charge in [-0.1, -0.05) is 50.6 Å².